The number of carboxylic acid groups (broad SMARTS) is 1. The highest BCUT2D eigenvalue weighted by atomic mass is 35.5. The average molecular weight is 562 g/mol. The molecule has 0 amide bonds. The Labute approximate surface area is 233 Å². The van der Waals surface area contributed by atoms with Crippen LogP contribution in [0.15, 0.2) is 48.5 Å². The molecule has 38 heavy (non-hydrogen) atoms. The standard InChI is InChI=1S/C29H34Cl2N2O5/c1-19-14-21(6-9-26(19)38-13-12-33-27(34)10-11-28(33)35)18-32(17-20-4-2-3-5-20)25(16-29(36)37)22-7-8-23(30)24(31)15-22/h6-11,14-15,20,25,34-35H,2-5,12-13,16-18H2,1H3,(H,36,37). The van der Waals surface area contributed by atoms with E-state index in [4.69, 9.17) is 27.9 Å². The van der Waals surface area contributed by atoms with Gasteiger partial charge >= 0.3 is 5.97 Å². The molecule has 0 aliphatic heterocycles. The van der Waals surface area contributed by atoms with Crippen LogP contribution < -0.4 is 4.74 Å². The summed E-state index contributed by atoms with van der Waals surface area (Å²) in [7, 11) is 0. The zero-order chi connectivity index (χ0) is 27.2. The molecule has 2 aromatic carbocycles. The van der Waals surface area contributed by atoms with Crippen molar-refractivity contribution in [2.24, 2.45) is 5.92 Å². The first kappa shape index (κ1) is 28.1. The molecule has 1 aliphatic rings. The zero-order valence-electron chi connectivity index (χ0n) is 21.4. The molecule has 3 N–H and O–H groups in total. The smallest absolute Gasteiger partial charge is 0.305 e. The molecule has 0 saturated heterocycles. The summed E-state index contributed by atoms with van der Waals surface area (Å²) in [6, 6.07) is 13.9. The van der Waals surface area contributed by atoms with Crippen molar-refractivity contribution in [2.45, 2.75) is 58.2 Å². The number of ether oxygens (including phenoxy) is 1. The van der Waals surface area contributed by atoms with Crippen molar-refractivity contribution in [3.8, 4) is 17.5 Å². The van der Waals surface area contributed by atoms with E-state index in [1.165, 1.54) is 29.5 Å². The van der Waals surface area contributed by atoms with Gasteiger partial charge in [0.1, 0.15) is 12.4 Å². The summed E-state index contributed by atoms with van der Waals surface area (Å²) < 4.78 is 7.29. The molecule has 7 nitrogen and oxygen atoms in total. The third-order valence-corrected chi connectivity index (χ3v) is 7.98. The molecule has 204 valence electrons. The molecule has 0 spiro atoms. The van der Waals surface area contributed by atoms with E-state index in [1.54, 1.807) is 12.1 Å². The Morgan fingerprint density at radius 3 is 2.39 bits per heavy atom. The normalized spacial score (nSPS) is 14.7. The van der Waals surface area contributed by atoms with E-state index in [9.17, 15) is 20.1 Å². The summed E-state index contributed by atoms with van der Waals surface area (Å²) >= 11 is 12.5. The molecule has 0 radical (unpaired) electrons. The van der Waals surface area contributed by atoms with Crippen molar-refractivity contribution in [1.29, 1.82) is 0 Å². The fourth-order valence-electron chi connectivity index (χ4n) is 5.30. The quantitative estimate of drug-likeness (QED) is 0.225. The maximum atomic E-state index is 11.9. The van der Waals surface area contributed by atoms with Gasteiger partial charge < -0.3 is 20.1 Å². The van der Waals surface area contributed by atoms with Crippen molar-refractivity contribution in [1.82, 2.24) is 9.47 Å². The van der Waals surface area contributed by atoms with Crippen molar-refractivity contribution in [2.75, 3.05) is 13.2 Å². The Bertz CT molecular complexity index is 1240. The lowest BCUT2D eigenvalue weighted by Gasteiger charge is -2.34. The molecular formula is C29H34Cl2N2O5. The number of hydrogen-bond acceptors (Lipinski definition) is 5. The number of aryl methyl sites for hydroxylation is 1. The molecule has 0 bridgehead atoms. The second-order valence-corrected chi connectivity index (χ2v) is 10.8. The average Bonchev–Trinajstić information content (AvgIpc) is 3.50. The molecular weight excluding hydrogens is 527 g/mol. The van der Waals surface area contributed by atoms with Crippen LogP contribution in [0.1, 0.15) is 54.8 Å². The summed E-state index contributed by atoms with van der Waals surface area (Å²) in [5.41, 5.74) is 2.85. The molecule has 1 unspecified atom stereocenters. The van der Waals surface area contributed by atoms with Gasteiger partial charge in [-0.25, -0.2) is 0 Å². The number of aromatic hydroxyl groups is 2. The summed E-state index contributed by atoms with van der Waals surface area (Å²) in [4.78, 5) is 14.2. The predicted molar refractivity (Wildman–Crippen MR) is 148 cm³/mol. The van der Waals surface area contributed by atoms with Crippen molar-refractivity contribution in [3.63, 3.8) is 0 Å². The Morgan fingerprint density at radius 1 is 1.05 bits per heavy atom. The van der Waals surface area contributed by atoms with Crippen LogP contribution in [0.4, 0.5) is 0 Å². The largest absolute Gasteiger partial charge is 0.494 e. The minimum atomic E-state index is -0.864. The third-order valence-electron chi connectivity index (χ3n) is 7.24. The van der Waals surface area contributed by atoms with Crippen molar-refractivity contribution < 1.29 is 24.9 Å². The Balaban J connectivity index is 1.52. The highest BCUT2D eigenvalue weighted by molar-refractivity contribution is 6.42. The molecule has 1 fully saturated rings. The van der Waals surface area contributed by atoms with E-state index >= 15 is 0 Å². The van der Waals surface area contributed by atoms with E-state index in [1.807, 2.05) is 25.1 Å². The number of carboxylic acids is 1. The second kappa shape index (κ2) is 12.8. The molecule has 1 aliphatic carbocycles. The Morgan fingerprint density at radius 2 is 1.76 bits per heavy atom. The number of nitrogens with zero attached hydrogens (tertiary/aromatic N) is 2. The number of hydrogen-bond donors (Lipinski definition) is 3. The fraction of sp³-hybridized carbons (Fsp3) is 0.414. The molecule has 9 heteroatoms. The second-order valence-electron chi connectivity index (χ2n) is 10.0. The van der Waals surface area contributed by atoms with Crippen LogP contribution in [0.3, 0.4) is 0 Å². The fourth-order valence-corrected chi connectivity index (χ4v) is 5.60. The SMILES string of the molecule is Cc1cc(CN(CC2CCCC2)C(CC(=O)O)c2ccc(Cl)c(Cl)c2)ccc1OCCn1c(O)ccc1O. The topological polar surface area (TPSA) is 95.2 Å². The molecule has 4 rings (SSSR count). The lowest BCUT2D eigenvalue weighted by atomic mass is 9.98. The number of rotatable bonds is 12. The van der Waals surface area contributed by atoms with Gasteiger partial charge in [0, 0.05) is 31.3 Å². The first-order valence-electron chi connectivity index (χ1n) is 12.9. The lowest BCUT2D eigenvalue weighted by molar-refractivity contribution is -0.138. The summed E-state index contributed by atoms with van der Waals surface area (Å²) in [6.45, 7) is 3.95. The molecule has 1 saturated carbocycles. The van der Waals surface area contributed by atoms with Gasteiger partial charge in [-0.3, -0.25) is 14.3 Å². The van der Waals surface area contributed by atoms with Gasteiger partial charge in [-0.15, -0.1) is 0 Å². The monoisotopic (exact) mass is 560 g/mol. The van der Waals surface area contributed by atoms with E-state index in [0.29, 0.717) is 34.8 Å². The van der Waals surface area contributed by atoms with E-state index < -0.39 is 5.97 Å². The predicted octanol–water partition coefficient (Wildman–Crippen LogP) is 6.80. The minimum absolute atomic E-state index is 0.0154. The van der Waals surface area contributed by atoms with Crippen molar-refractivity contribution >= 4 is 29.2 Å². The summed E-state index contributed by atoms with van der Waals surface area (Å²) in [6.07, 6.45) is 4.67. The maximum absolute atomic E-state index is 11.9. The van der Waals surface area contributed by atoms with Gasteiger partial charge in [-0.05, 0) is 60.6 Å². The Hall–Kier alpha value is -2.87. The number of benzene rings is 2. The maximum Gasteiger partial charge on any atom is 0.305 e. The highest BCUT2D eigenvalue weighted by Gasteiger charge is 2.28. The number of halogens is 2. The summed E-state index contributed by atoms with van der Waals surface area (Å²) in [5.74, 6) is 0.349. The number of aromatic nitrogens is 1. The van der Waals surface area contributed by atoms with Crippen LogP contribution in [0.5, 0.6) is 17.5 Å². The van der Waals surface area contributed by atoms with Crippen LogP contribution in [-0.4, -0.2) is 43.9 Å². The third kappa shape index (κ3) is 7.16. The van der Waals surface area contributed by atoms with Crippen LogP contribution in [0.2, 0.25) is 10.0 Å². The molecule has 1 aromatic heterocycles. The molecule has 1 atom stereocenters. The minimum Gasteiger partial charge on any atom is -0.494 e. The van der Waals surface area contributed by atoms with Crippen LogP contribution >= 0.6 is 23.2 Å². The molecule has 1 heterocycles. The van der Waals surface area contributed by atoms with Crippen LogP contribution in [-0.2, 0) is 17.9 Å². The van der Waals surface area contributed by atoms with Gasteiger partial charge in [0.15, 0.2) is 11.8 Å². The first-order valence-corrected chi connectivity index (χ1v) is 13.7. The van der Waals surface area contributed by atoms with Gasteiger partial charge in [0.2, 0.25) is 0 Å². The van der Waals surface area contributed by atoms with E-state index in [-0.39, 0.29) is 30.8 Å². The first-order chi connectivity index (χ1) is 18.2. The zero-order valence-corrected chi connectivity index (χ0v) is 23.0. The van der Waals surface area contributed by atoms with E-state index in [2.05, 4.69) is 11.0 Å². The van der Waals surface area contributed by atoms with Crippen molar-refractivity contribution in [3.05, 3.63) is 75.3 Å². The molecule has 3 aromatic rings. The number of aliphatic carboxylic acids is 1. The number of carbonyl (C=O) groups is 1. The highest BCUT2D eigenvalue weighted by Crippen LogP contribution is 2.35. The van der Waals surface area contributed by atoms with E-state index in [0.717, 1.165) is 36.1 Å². The van der Waals surface area contributed by atoms with Gasteiger partial charge in [-0.2, -0.15) is 0 Å². The van der Waals surface area contributed by atoms with Gasteiger partial charge in [0.25, 0.3) is 0 Å². The van der Waals surface area contributed by atoms with Crippen LogP contribution in [0.25, 0.3) is 0 Å². The summed E-state index contributed by atoms with van der Waals surface area (Å²) in [5, 5.41) is 30.3. The van der Waals surface area contributed by atoms with Gasteiger partial charge in [-0.1, -0.05) is 54.2 Å². The lowest BCUT2D eigenvalue weighted by Crippen LogP contribution is -2.34. The van der Waals surface area contributed by atoms with Crippen LogP contribution in [0, 0.1) is 12.8 Å². The van der Waals surface area contributed by atoms with Gasteiger partial charge in [0.05, 0.1) is 23.0 Å². The Kier molecular flexibility index (Phi) is 9.47.